The number of aliphatic imine (C=N–C) groups is 1. The standard InChI is InChI=1S/C35H33ClN6O3S/c1-21-22(2)46-34-31(21)32(25-12-14-27(36)15-13-25)39-29(33-41-40-23(3)42(33)34)20-30(43)38-18-7-5-6-9-24-11-16-28(35(44)45-4)26(19-24)10-8-17-37/h11-16,19,29H,5,7,17-18,20,37H2,1-4H3,(H,38,43)/t29-/m0/s1. The van der Waals surface area contributed by atoms with Crippen LogP contribution in [0.1, 0.15) is 80.0 Å². The summed E-state index contributed by atoms with van der Waals surface area (Å²) < 4.78 is 6.87. The molecule has 2 aromatic carbocycles. The van der Waals surface area contributed by atoms with Crippen LogP contribution in [-0.2, 0) is 9.53 Å². The summed E-state index contributed by atoms with van der Waals surface area (Å²) in [7, 11) is 1.32. The Hall–Kier alpha value is -4.74. The number of halogens is 1. The molecule has 0 aliphatic carbocycles. The maximum absolute atomic E-state index is 13.2. The quantitative estimate of drug-likeness (QED) is 0.160. The fourth-order valence-corrected chi connectivity index (χ4v) is 6.45. The van der Waals surface area contributed by atoms with Crippen LogP contribution < -0.4 is 11.1 Å². The molecule has 0 unspecified atom stereocenters. The van der Waals surface area contributed by atoms with E-state index in [4.69, 9.17) is 27.1 Å². The van der Waals surface area contributed by atoms with E-state index in [1.54, 1.807) is 29.5 Å². The third kappa shape index (κ3) is 7.05. The minimum Gasteiger partial charge on any atom is -0.465 e. The van der Waals surface area contributed by atoms with E-state index in [0.717, 1.165) is 38.8 Å². The number of rotatable bonds is 7. The summed E-state index contributed by atoms with van der Waals surface area (Å²) in [6.07, 6.45) is 1.35. The number of aromatic nitrogens is 3. The van der Waals surface area contributed by atoms with E-state index in [1.807, 2.05) is 35.8 Å². The molecule has 0 radical (unpaired) electrons. The number of esters is 1. The predicted molar refractivity (Wildman–Crippen MR) is 181 cm³/mol. The molecule has 5 rings (SSSR count). The highest BCUT2D eigenvalue weighted by Crippen LogP contribution is 2.39. The van der Waals surface area contributed by atoms with E-state index in [1.165, 1.54) is 12.0 Å². The van der Waals surface area contributed by atoms with Gasteiger partial charge in [-0.15, -0.1) is 21.5 Å². The third-order valence-electron chi connectivity index (χ3n) is 7.52. The Labute approximate surface area is 277 Å². The number of nitrogens with one attached hydrogen (secondary N) is 1. The van der Waals surface area contributed by atoms with Crippen molar-refractivity contribution in [3.05, 3.63) is 97.4 Å². The zero-order chi connectivity index (χ0) is 32.8. The lowest BCUT2D eigenvalue weighted by atomic mass is 9.99. The molecule has 234 valence electrons. The van der Waals surface area contributed by atoms with Crippen molar-refractivity contribution in [3.8, 4) is 28.7 Å². The first kappa shape index (κ1) is 32.6. The molecular weight excluding hydrogens is 620 g/mol. The largest absolute Gasteiger partial charge is 0.465 e. The fraction of sp³-hybridized carbons (Fsp3) is 0.286. The van der Waals surface area contributed by atoms with Gasteiger partial charge in [-0.25, -0.2) is 4.79 Å². The number of aryl methyl sites for hydroxylation is 2. The lowest BCUT2D eigenvalue weighted by Gasteiger charge is -2.13. The normalized spacial score (nSPS) is 13.2. The van der Waals surface area contributed by atoms with Crippen molar-refractivity contribution in [2.45, 2.75) is 46.1 Å². The molecule has 1 atom stereocenters. The average molecular weight is 653 g/mol. The molecule has 0 saturated heterocycles. The molecule has 0 spiro atoms. The first-order valence-corrected chi connectivity index (χ1v) is 15.9. The molecule has 11 heteroatoms. The van der Waals surface area contributed by atoms with Crippen LogP contribution in [0.2, 0.25) is 5.02 Å². The van der Waals surface area contributed by atoms with E-state index in [2.05, 4.69) is 53.0 Å². The van der Waals surface area contributed by atoms with Crippen molar-refractivity contribution >= 4 is 40.5 Å². The molecule has 0 bridgehead atoms. The van der Waals surface area contributed by atoms with Crippen LogP contribution in [0.4, 0.5) is 0 Å². The van der Waals surface area contributed by atoms with Crippen LogP contribution in [0.3, 0.4) is 0 Å². The van der Waals surface area contributed by atoms with Gasteiger partial charge in [-0.2, -0.15) is 0 Å². The van der Waals surface area contributed by atoms with Gasteiger partial charge in [-0.3, -0.25) is 14.4 Å². The summed E-state index contributed by atoms with van der Waals surface area (Å²) in [5, 5.41) is 13.5. The van der Waals surface area contributed by atoms with Gasteiger partial charge in [0.1, 0.15) is 16.9 Å². The molecule has 3 N–H and O–H groups in total. The van der Waals surface area contributed by atoms with Crippen molar-refractivity contribution < 1.29 is 14.3 Å². The molecule has 0 saturated carbocycles. The molecular formula is C35H33ClN6O3S. The first-order chi connectivity index (χ1) is 22.2. The Morgan fingerprint density at radius 3 is 2.61 bits per heavy atom. The maximum Gasteiger partial charge on any atom is 0.339 e. The Kier molecular flexibility index (Phi) is 10.3. The lowest BCUT2D eigenvalue weighted by Crippen LogP contribution is -2.26. The van der Waals surface area contributed by atoms with Gasteiger partial charge in [-0.1, -0.05) is 47.4 Å². The highest BCUT2D eigenvalue weighted by atomic mass is 35.5. The second kappa shape index (κ2) is 14.6. The molecule has 1 aliphatic rings. The summed E-state index contributed by atoms with van der Waals surface area (Å²) >= 11 is 7.87. The van der Waals surface area contributed by atoms with Crippen molar-refractivity contribution in [2.75, 3.05) is 20.2 Å². The molecule has 3 heterocycles. The third-order valence-corrected chi connectivity index (χ3v) is 8.96. The molecule has 2 aromatic heterocycles. The number of unbranched alkanes of at least 4 members (excludes halogenated alkanes) is 1. The molecule has 46 heavy (non-hydrogen) atoms. The van der Waals surface area contributed by atoms with Crippen molar-refractivity contribution in [2.24, 2.45) is 10.7 Å². The van der Waals surface area contributed by atoms with E-state index >= 15 is 0 Å². The van der Waals surface area contributed by atoms with Gasteiger partial charge in [0, 0.05) is 45.1 Å². The van der Waals surface area contributed by atoms with E-state index in [9.17, 15) is 9.59 Å². The van der Waals surface area contributed by atoms with E-state index < -0.39 is 12.0 Å². The summed E-state index contributed by atoms with van der Waals surface area (Å²) in [6.45, 7) is 6.74. The monoisotopic (exact) mass is 652 g/mol. The van der Waals surface area contributed by atoms with Gasteiger partial charge in [0.05, 0.1) is 31.4 Å². The number of carbonyl (C=O) groups is 2. The van der Waals surface area contributed by atoms with Crippen LogP contribution in [-0.4, -0.2) is 52.6 Å². The van der Waals surface area contributed by atoms with Gasteiger partial charge >= 0.3 is 5.97 Å². The number of carbonyl (C=O) groups excluding carboxylic acids is 2. The smallest absolute Gasteiger partial charge is 0.339 e. The number of hydrogen-bond acceptors (Lipinski definition) is 8. The van der Waals surface area contributed by atoms with Gasteiger partial charge in [0.15, 0.2) is 5.82 Å². The van der Waals surface area contributed by atoms with Crippen molar-refractivity contribution in [1.29, 1.82) is 0 Å². The topological polar surface area (TPSA) is 124 Å². The second-order valence-corrected chi connectivity index (χ2v) is 12.3. The Balaban J connectivity index is 1.28. The Bertz CT molecular complexity index is 1950. The van der Waals surface area contributed by atoms with Gasteiger partial charge in [0.2, 0.25) is 5.91 Å². The van der Waals surface area contributed by atoms with Crippen LogP contribution >= 0.6 is 22.9 Å². The van der Waals surface area contributed by atoms with Crippen LogP contribution in [0.15, 0.2) is 47.5 Å². The second-order valence-electron chi connectivity index (χ2n) is 10.6. The van der Waals surface area contributed by atoms with Crippen LogP contribution in [0, 0.1) is 44.5 Å². The molecule has 0 fully saturated rings. The first-order valence-electron chi connectivity index (χ1n) is 14.7. The molecule has 4 aromatic rings. The van der Waals surface area contributed by atoms with Gasteiger partial charge in [0.25, 0.3) is 0 Å². The molecule has 1 aliphatic heterocycles. The number of ether oxygens (including phenoxy) is 1. The van der Waals surface area contributed by atoms with Gasteiger partial charge < -0.3 is 15.8 Å². The summed E-state index contributed by atoms with van der Waals surface area (Å²) in [4.78, 5) is 31.6. The highest BCUT2D eigenvalue weighted by molar-refractivity contribution is 7.15. The summed E-state index contributed by atoms with van der Waals surface area (Å²) in [5.41, 5.74) is 11.0. The summed E-state index contributed by atoms with van der Waals surface area (Å²) in [6, 6.07) is 12.2. The highest BCUT2D eigenvalue weighted by Gasteiger charge is 2.32. The van der Waals surface area contributed by atoms with Crippen molar-refractivity contribution in [1.82, 2.24) is 20.1 Å². The SMILES string of the molecule is COC(=O)c1ccc(C#CCCCNC(=O)C[C@@H]2N=C(c3ccc(Cl)cc3)c3c(sc(C)c3C)-n3c(C)nnc32)cc1C#CCN. The summed E-state index contributed by atoms with van der Waals surface area (Å²) in [5.74, 6) is 12.7. The zero-order valence-corrected chi connectivity index (χ0v) is 27.6. The van der Waals surface area contributed by atoms with Crippen molar-refractivity contribution in [3.63, 3.8) is 0 Å². The number of hydrogen-bond donors (Lipinski definition) is 2. The number of benzene rings is 2. The minimum absolute atomic E-state index is 0.118. The van der Waals surface area contributed by atoms with E-state index in [-0.39, 0.29) is 18.9 Å². The number of amides is 1. The van der Waals surface area contributed by atoms with Gasteiger partial charge in [-0.05, 0) is 63.1 Å². The number of nitrogens with two attached hydrogens (primary N) is 1. The fourth-order valence-electron chi connectivity index (χ4n) is 5.11. The zero-order valence-electron chi connectivity index (χ0n) is 26.0. The minimum atomic E-state index is -0.532. The molecule has 9 nitrogen and oxygen atoms in total. The number of nitrogens with zero attached hydrogens (tertiary/aromatic N) is 4. The number of thiophene rings is 1. The average Bonchev–Trinajstić information content (AvgIpc) is 3.53. The van der Waals surface area contributed by atoms with E-state index in [0.29, 0.717) is 41.4 Å². The van der Waals surface area contributed by atoms with Crippen LogP contribution in [0.5, 0.6) is 0 Å². The van der Waals surface area contributed by atoms with Crippen LogP contribution in [0.25, 0.3) is 5.00 Å². The lowest BCUT2D eigenvalue weighted by molar-refractivity contribution is -0.121. The predicted octanol–water partition coefficient (Wildman–Crippen LogP) is 5.23. The number of fused-ring (bicyclic) bond motifs is 3. The Morgan fingerprint density at radius 1 is 1.09 bits per heavy atom. The molecule has 1 amide bonds. The Morgan fingerprint density at radius 2 is 1.87 bits per heavy atom. The number of methoxy groups -OCH3 is 1. The maximum atomic E-state index is 13.2.